The first-order chi connectivity index (χ1) is 10.2. The minimum Gasteiger partial charge on any atom is -0.490 e. The first-order valence-corrected chi connectivity index (χ1v) is 8.33. The molecule has 6 heteroatoms. The minimum atomic E-state index is -0.259. The monoisotopic (exact) mass is 307 g/mol. The van der Waals surface area contributed by atoms with Gasteiger partial charge in [-0.25, -0.2) is 9.89 Å². The van der Waals surface area contributed by atoms with Crippen molar-refractivity contribution in [3.8, 4) is 5.75 Å². The van der Waals surface area contributed by atoms with Crippen LogP contribution in [0.2, 0.25) is 0 Å². The fourth-order valence-corrected chi connectivity index (χ4v) is 2.94. The third-order valence-electron chi connectivity index (χ3n) is 3.16. The van der Waals surface area contributed by atoms with Crippen LogP contribution in [0.4, 0.5) is 0 Å². The van der Waals surface area contributed by atoms with E-state index in [0.29, 0.717) is 11.6 Å². The van der Waals surface area contributed by atoms with Gasteiger partial charge >= 0.3 is 5.69 Å². The topological polar surface area (TPSA) is 70.8 Å². The van der Waals surface area contributed by atoms with Gasteiger partial charge in [0.15, 0.2) is 0 Å². The molecule has 0 aliphatic rings. The summed E-state index contributed by atoms with van der Waals surface area (Å²) >= 11 is 1.70. The lowest BCUT2D eigenvalue weighted by molar-refractivity contribution is 0.222. The van der Waals surface area contributed by atoms with Gasteiger partial charge in [-0.15, -0.1) is 11.8 Å². The molecule has 5 nitrogen and oxygen atoms in total. The summed E-state index contributed by atoms with van der Waals surface area (Å²) in [5.74, 6) is 3.14. The summed E-state index contributed by atoms with van der Waals surface area (Å²) in [6, 6.07) is 8.23. The zero-order valence-electron chi connectivity index (χ0n) is 12.4. The molecular formula is C15H21N3O2S. The SMILES string of the molecule is CCc1cccc(OC(CC)CSCc2n[nH]c(=O)[nH]2)c1. The number of aryl methyl sites for hydroxylation is 1. The molecule has 0 radical (unpaired) electrons. The van der Waals surface area contributed by atoms with E-state index in [1.165, 1.54) is 5.56 Å². The van der Waals surface area contributed by atoms with Crippen molar-refractivity contribution in [1.82, 2.24) is 15.2 Å². The molecule has 1 aromatic heterocycles. The maximum atomic E-state index is 10.9. The van der Waals surface area contributed by atoms with Crippen LogP contribution in [0.25, 0.3) is 0 Å². The lowest BCUT2D eigenvalue weighted by Crippen LogP contribution is -2.18. The molecule has 0 bridgehead atoms. The molecule has 0 amide bonds. The molecule has 0 aliphatic carbocycles. The molecule has 1 unspecified atom stereocenters. The number of ether oxygens (including phenoxy) is 1. The predicted octanol–water partition coefficient (Wildman–Crippen LogP) is 2.75. The van der Waals surface area contributed by atoms with E-state index in [0.717, 1.165) is 24.3 Å². The van der Waals surface area contributed by atoms with Crippen molar-refractivity contribution in [3.05, 3.63) is 46.1 Å². The van der Waals surface area contributed by atoms with Gasteiger partial charge in [-0.2, -0.15) is 5.10 Å². The Bertz CT molecular complexity index is 609. The molecule has 114 valence electrons. The largest absolute Gasteiger partial charge is 0.490 e. The quantitative estimate of drug-likeness (QED) is 0.786. The lowest BCUT2D eigenvalue weighted by atomic mass is 10.1. The third-order valence-corrected chi connectivity index (χ3v) is 4.24. The Morgan fingerprint density at radius 3 is 2.90 bits per heavy atom. The van der Waals surface area contributed by atoms with E-state index in [1.54, 1.807) is 11.8 Å². The Balaban J connectivity index is 1.83. The Morgan fingerprint density at radius 2 is 2.24 bits per heavy atom. The number of benzene rings is 1. The Kier molecular flexibility index (Phi) is 5.92. The van der Waals surface area contributed by atoms with Crippen LogP contribution in [0.3, 0.4) is 0 Å². The predicted molar refractivity (Wildman–Crippen MR) is 85.9 cm³/mol. The summed E-state index contributed by atoms with van der Waals surface area (Å²) in [5, 5.41) is 6.26. The number of rotatable bonds is 8. The van der Waals surface area contributed by atoms with Gasteiger partial charge < -0.3 is 4.74 Å². The van der Waals surface area contributed by atoms with Crippen LogP contribution >= 0.6 is 11.8 Å². The first kappa shape index (κ1) is 15.7. The zero-order valence-corrected chi connectivity index (χ0v) is 13.2. The second kappa shape index (κ2) is 7.93. The van der Waals surface area contributed by atoms with E-state index in [1.807, 2.05) is 12.1 Å². The van der Waals surface area contributed by atoms with Crippen molar-refractivity contribution in [1.29, 1.82) is 0 Å². The summed E-state index contributed by atoms with van der Waals surface area (Å²) in [6.07, 6.45) is 2.11. The molecule has 1 aromatic carbocycles. The van der Waals surface area contributed by atoms with Crippen molar-refractivity contribution in [3.63, 3.8) is 0 Å². The number of aromatic nitrogens is 3. The number of thioether (sulfide) groups is 1. The van der Waals surface area contributed by atoms with E-state index >= 15 is 0 Å². The van der Waals surface area contributed by atoms with Gasteiger partial charge in [0.25, 0.3) is 0 Å². The smallest absolute Gasteiger partial charge is 0.340 e. The van der Waals surface area contributed by atoms with Crippen LogP contribution in [0.1, 0.15) is 31.7 Å². The second-order valence-electron chi connectivity index (χ2n) is 4.79. The molecule has 0 aliphatic heterocycles. The third kappa shape index (κ3) is 4.97. The van der Waals surface area contributed by atoms with Crippen molar-refractivity contribution >= 4 is 11.8 Å². The van der Waals surface area contributed by atoms with Crippen molar-refractivity contribution < 1.29 is 4.74 Å². The molecule has 0 spiro atoms. The van der Waals surface area contributed by atoms with Gasteiger partial charge in [-0.05, 0) is 30.5 Å². The van der Waals surface area contributed by atoms with Gasteiger partial charge in [0.1, 0.15) is 17.7 Å². The highest BCUT2D eigenvalue weighted by molar-refractivity contribution is 7.98. The van der Waals surface area contributed by atoms with Gasteiger partial charge in [0.2, 0.25) is 0 Å². The molecule has 0 fully saturated rings. The Morgan fingerprint density at radius 1 is 1.38 bits per heavy atom. The first-order valence-electron chi connectivity index (χ1n) is 7.18. The molecule has 2 rings (SSSR count). The van der Waals surface area contributed by atoms with Gasteiger partial charge in [-0.3, -0.25) is 4.98 Å². The molecule has 1 atom stereocenters. The molecular weight excluding hydrogens is 286 g/mol. The molecule has 1 heterocycles. The average molecular weight is 307 g/mol. The van der Waals surface area contributed by atoms with Crippen molar-refractivity contribution in [2.24, 2.45) is 0 Å². The van der Waals surface area contributed by atoms with Crippen molar-refractivity contribution in [2.45, 2.75) is 38.5 Å². The number of nitrogens with one attached hydrogen (secondary N) is 2. The Labute approximate surface area is 128 Å². The van der Waals surface area contributed by atoms with Crippen LogP contribution in [0.15, 0.2) is 29.1 Å². The normalized spacial score (nSPS) is 12.3. The summed E-state index contributed by atoms with van der Waals surface area (Å²) in [7, 11) is 0. The average Bonchev–Trinajstić information content (AvgIpc) is 2.92. The lowest BCUT2D eigenvalue weighted by Gasteiger charge is -2.17. The van der Waals surface area contributed by atoms with Crippen LogP contribution in [0.5, 0.6) is 5.75 Å². The van der Waals surface area contributed by atoms with Gasteiger partial charge in [0.05, 0.1) is 5.75 Å². The number of H-pyrrole nitrogens is 2. The maximum absolute atomic E-state index is 10.9. The van der Waals surface area contributed by atoms with E-state index in [4.69, 9.17) is 4.74 Å². The molecule has 2 N–H and O–H groups in total. The number of aromatic amines is 2. The highest BCUT2D eigenvalue weighted by atomic mass is 32.2. The molecule has 0 saturated carbocycles. The Hall–Kier alpha value is -1.69. The van der Waals surface area contributed by atoms with Crippen LogP contribution < -0.4 is 10.4 Å². The highest BCUT2D eigenvalue weighted by Gasteiger charge is 2.09. The summed E-state index contributed by atoms with van der Waals surface area (Å²) in [5.41, 5.74) is 1.02. The molecule has 21 heavy (non-hydrogen) atoms. The van der Waals surface area contributed by atoms with E-state index < -0.39 is 0 Å². The second-order valence-corrected chi connectivity index (χ2v) is 5.82. The number of nitrogens with zero attached hydrogens (tertiary/aromatic N) is 1. The number of hydrogen-bond acceptors (Lipinski definition) is 4. The minimum absolute atomic E-state index is 0.160. The fraction of sp³-hybridized carbons (Fsp3) is 0.467. The highest BCUT2D eigenvalue weighted by Crippen LogP contribution is 2.19. The standard InChI is InChI=1S/C15H21N3O2S/c1-3-11-6-5-7-13(8-11)20-12(4-2)9-21-10-14-16-15(19)18-17-14/h5-8,12H,3-4,9-10H2,1-2H3,(H2,16,17,18,19). The van der Waals surface area contributed by atoms with Crippen LogP contribution in [-0.4, -0.2) is 27.0 Å². The molecule has 2 aromatic rings. The van der Waals surface area contributed by atoms with E-state index in [-0.39, 0.29) is 11.8 Å². The summed E-state index contributed by atoms with van der Waals surface area (Å²) in [4.78, 5) is 13.6. The number of hydrogen-bond donors (Lipinski definition) is 2. The van der Waals surface area contributed by atoms with Gasteiger partial charge in [0, 0.05) is 5.75 Å². The van der Waals surface area contributed by atoms with Gasteiger partial charge in [-0.1, -0.05) is 26.0 Å². The maximum Gasteiger partial charge on any atom is 0.340 e. The van der Waals surface area contributed by atoms with E-state index in [2.05, 4.69) is 41.2 Å². The molecule has 0 saturated heterocycles. The summed E-state index contributed by atoms with van der Waals surface area (Å²) in [6.45, 7) is 4.25. The zero-order chi connectivity index (χ0) is 15.1. The van der Waals surface area contributed by atoms with Crippen molar-refractivity contribution in [2.75, 3.05) is 5.75 Å². The summed E-state index contributed by atoms with van der Waals surface area (Å²) < 4.78 is 6.03. The van der Waals surface area contributed by atoms with Crippen LogP contribution in [0, 0.1) is 0 Å². The van der Waals surface area contributed by atoms with Crippen LogP contribution in [-0.2, 0) is 12.2 Å². The fourth-order valence-electron chi connectivity index (χ4n) is 1.93. The van der Waals surface area contributed by atoms with E-state index in [9.17, 15) is 4.79 Å².